The molecule has 8 heteroatoms. The summed E-state index contributed by atoms with van der Waals surface area (Å²) in [6.45, 7) is 3.77. The van der Waals surface area contributed by atoms with E-state index in [1.807, 2.05) is 0 Å². The summed E-state index contributed by atoms with van der Waals surface area (Å²) in [4.78, 5) is 12.4. The molecule has 3 rings (SSSR count). The van der Waals surface area contributed by atoms with Crippen LogP contribution in [0, 0.1) is 11.7 Å². The fourth-order valence-electron chi connectivity index (χ4n) is 2.95. The van der Waals surface area contributed by atoms with E-state index in [-0.39, 0.29) is 22.5 Å². The minimum absolute atomic E-state index is 0.0241. The van der Waals surface area contributed by atoms with E-state index in [4.69, 9.17) is 0 Å². The zero-order valence-electron chi connectivity index (χ0n) is 14.9. The lowest BCUT2D eigenvalue weighted by Crippen LogP contribution is -2.50. The molecule has 0 radical (unpaired) electrons. The Hall–Kier alpha value is -2.45. The first-order valence-corrected chi connectivity index (χ1v) is 10.2. The zero-order valence-corrected chi connectivity index (χ0v) is 15.7. The van der Waals surface area contributed by atoms with Crippen LogP contribution in [0.15, 0.2) is 53.4 Å². The second-order valence-corrected chi connectivity index (χ2v) is 8.37. The van der Waals surface area contributed by atoms with Gasteiger partial charge in [-0.1, -0.05) is 6.92 Å². The van der Waals surface area contributed by atoms with Gasteiger partial charge < -0.3 is 10.6 Å². The van der Waals surface area contributed by atoms with E-state index in [0.717, 1.165) is 19.5 Å². The number of carbonyl (C=O) groups is 1. The van der Waals surface area contributed by atoms with Gasteiger partial charge in [-0.25, -0.2) is 12.8 Å². The largest absolute Gasteiger partial charge is 0.348 e. The van der Waals surface area contributed by atoms with Gasteiger partial charge in [0, 0.05) is 23.8 Å². The molecule has 1 heterocycles. The standard InChI is InChI=1S/C19H22FN3O3S/c1-13-10-11-21-12-18(13)22-19(24)14-2-8-17(9-3-14)27(25,26)23-16-6-4-15(20)5-7-16/h2-9,13,18,21,23H,10-12H2,1H3,(H,22,24). The third-order valence-electron chi connectivity index (χ3n) is 4.67. The summed E-state index contributed by atoms with van der Waals surface area (Å²) in [5.41, 5.74) is 0.658. The minimum Gasteiger partial charge on any atom is -0.348 e. The Morgan fingerprint density at radius 2 is 1.78 bits per heavy atom. The minimum atomic E-state index is -3.82. The number of anilines is 1. The summed E-state index contributed by atoms with van der Waals surface area (Å²) in [5.74, 6) is -0.295. The third kappa shape index (κ3) is 4.84. The molecule has 2 aromatic carbocycles. The van der Waals surface area contributed by atoms with Crippen molar-refractivity contribution in [1.82, 2.24) is 10.6 Å². The van der Waals surface area contributed by atoms with Crippen LogP contribution in [0.3, 0.4) is 0 Å². The molecule has 0 aliphatic carbocycles. The average molecular weight is 391 g/mol. The van der Waals surface area contributed by atoms with Crippen molar-refractivity contribution in [2.45, 2.75) is 24.3 Å². The molecular formula is C19H22FN3O3S. The Morgan fingerprint density at radius 3 is 2.41 bits per heavy atom. The summed E-state index contributed by atoms with van der Waals surface area (Å²) in [7, 11) is -3.82. The van der Waals surface area contributed by atoms with Crippen molar-refractivity contribution in [2.75, 3.05) is 17.8 Å². The highest BCUT2D eigenvalue weighted by Gasteiger charge is 2.23. The lowest BCUT2D eigenvalue weighted by molar-refractivity contribution is 0.0915. The third-order valence-corrected chi connectivity index (χ3v) is 6.06. The summed E-state index contributed by atoms with van der Waals surface area (Å²) in [6.07, 6.45) is 0.997. The first kappa shape index (κ1) is 19.3. The number of nitrogens with one attached hydrogen (secondary N) is 3. The Kier molecular flexibility index (Phi) is 5.76. The van der Waals surface area contributed by atoms with Crippen LogP contribution < -0.4 is 15.4 Å². The first-order chi connectivity index (χ1) is 12.8. The van der Waals surface area contributed by atoms with Gasteiger partial charge in [0.1, 0.15) is 5.82 Å². The maximum Gasteiger partial charge on any atom is 0.261 e. The molecule has 0 spiro atoms. The highest BCUT2D eigenvalue weighted by Crippen LogP contribution is 2.18. The van der Waals surface area contributed by atoms with Crippen LogP contribution in [0.5, 0.6) is 0 Å². The molecule has 1 aliphatic heterocycles. The normalized spacial score (nSPS) is 20.1. The van der Waals surface area contributed by atoms with Crippen LogP contribution in [-0.2, 0) is 10.0 Å². The molecule has 2 unspecified atom stereocenters. The van der Waals surface area contributed by atoms with E-state index in [2.05, 4.69) is 22.3 Å². The highest BCUT2D eigenvalue weighted by molar-refractivity contribution is 7.92. The van der Waals surface area contributed by atoms with Crippen molar-refractivity contribution < 1.29 is 17.6 Å². The van der Waals surface area contributed by atoms with Gasteiger partial charge in [0.05, 0.1) is 4.90 Å². The van der Waals surface area contributed by atoms with Gasteiger partial charge in [-0.05, 0) is 67.4 Å². The molecule has 1 fully saturated rings. The quantitative estimate of drug-likeness (QED) is 0.730. The van der Waals surface area contributed by atoms with Gasteiger partial charge in [0.25, 0.3) is 15.9 Å². The van der Waals surface area contributed by atoms with Crippen LogP contribution in [0.4, 0.5) is 10.1 Å². The maximum atomic E-state index is 12.9. The van der Waals surface area contributed by atoms with Crippen molar-refractivity contribution in [1.29, 1.82) is 0 Å². The molecule has 27 heavy (non-hydrogen) atoms. The second kappa shape index (κ2) is 8.06. The summed E-state index contributed by atoms with van der Waals surface area (Å²) < 4.78 is 40.1. The van der Waals surface area contributed by atoms with Crippen molar-refractivity contribution in [2.24, 2.45) is 5.92 Å². The summed E-state index contributed by atoms with van der Waals surface area (Å²) in [6, 6.07) is 10.8. The number of hydrogen-bond donors (Lipinski definition) is 3. The van der Waals surface area contributed by atoms with Crippen LogP contribution in [-0.4, -0.2) is 33.5 Å². The van der Waals surface area contributed by atoms with Gasteiger partial charge in [0.2, 0.25) is 0 Å². The molecule has 1 aliphatic rings. The van der Waals surface area contributed by atoms with Crippen LogP contribution in [0.2, 0.25) is 0 Å². The Balaban J connectivity index is 1.68. The Bertz CT molecular complexity index is 899. The van der Waals surface area contributed by atoms with Crippen molar-refractivity contribution >= 4 is 21.6 Å². The van der Waals surface area contributed by atoms with E-state index >= 15 is 0 Å². The lowest BCUT2D eigenvalue weighted by Gasteiger charge is -2.30. The van der Waals surface area contributed by atoms with Crippen LogP contribution >= 0.6 is 0 Å². The Labute approximate surface area is 158 Å². The first-order valence-electron chi connectivity index (χ1n) is 8.75. The number of amides is 1. The molecule has 6 nitrogen and oxygen atoms in total. The van der Waals surface area contributed by atoms with Crippen LogP contribution in [0.25, 0.3) is 0 Å². The van der Waals surface area contributed by atoms with Gasteiger partial charge in [-0.15, -0.1) is 0 Å². The van der Waals surface area contributed by atoms with E-state index in [1.165, 1.54) is 48.5 Å². The Morgan fingerprint density at radius 1 is 1.11 bits per heavy atom. The number of rotatable bonds is 5. The van der Waals surface area contributed by atoms with Crippen molar-refractivity contribution in [3.8, 4) is 0 Å². The number of piperidine rings is 1. The molecule has 1 amide bonds. The van der Waals surface area contributed by atoms with E-state index in [1.54, 1.807) is 0 Å². The van der Waals surface area contributed by atoms with Crippen molar-refractivity contribution in [3.63, 3.8) is 0 Å². The van der Waals surface area contributed by atoms with Gasteiger partial charge >= 0.3 is 0 Å². The topological polar surface area (TPSA) is 87.3 Å². The lowest BCUT2D eigenvalue weighted by atomic mass is 9.94. The smallest absolute Gasteiger partial charge is 0.261 e. The van der Waals surface area contributed by atoms with Crippen LogP contribution in [0.1, 0.15) is 23.7 Å². The van der Waals surface area contributed by atoms with Crippen molar-refractivity contribution in [3.05, 3.63) is 59.9 Å². The maximum absolute atomic E-state index is 12.9. The van der Waals surface area contributed by atoms with Gasteiger partial charge in [-0.2, -0.15) is 0 Å². The predicted octanol–water partition coefficient (Wildman–Crippen LogP) is 2.35. The number of carbonyl (C=O) groups excluding carboxylic acids is 1. The predicted molar refractivity (Wildman–Crippen MR) is 102 cm³/mol. The monoisotopic (exact) mass is 391 g/mol. The SMILES string of the molecule is CC1CCNCC1NC(=O)c1ccc(S(=O)(=O)Nc2ccc(F)cc2)cc1. The fourth-order valence-corrected chi connectivity index (χ4v) is 4.01. The molecule has 0 saturated carbocycles. The molecule has 2 atom stereocenters. The number of sulfonamides is 1. The molecular weight excluding hydrogens is 369 g/mol. The van der Waals surface area contributed by atoms with Gasteiger partial charge in [-0.3, -0.25) is 9.52 Å². The van der Waals surface area contributed by atoms with E-state index in [9.17, 15) is 17.6 Å². The number of halogens is 1. The second-order valence-electron chi connectivity index (χ2n) is 6.69. The number of hydrogen-bond acceptors (Lipinski definition) is 4. The molecule has 144 valence electrons. The number of benzene rings is 2. The highest BCUT2D eigenvalue weighted by atomic mass is 32.2. The average Bonchev–Trinajstić information content (AvgIpc) is 2.65. The van der Waals surface area contributed by atoms with E-state index < -0.39 is 15.8 Å². The molecule has 3 N–H and O–H groups in total. The fraction of sp³-hybridized carbons (Fsp3) is 0.316. The molecule has 0 bridgehead atoms. The van der Waals surface area contributed by atoms with Gasteiger partial charge in [0.15, 0.2) is 0 Å². The van der Waals surface area contributed by atoms with E-state index in [0.29, 0.717) is 11.5 Å². The molecule has 1 saturated heterocycles. The zero-order chi connectivity index (χ0) is 19.4. The molecule has 0 aromatic heterocycles. The summed E-state index contributed by atoms with van der Waals surface area (Å²) in [5, 5.41) is 6.24. The summed E-state index contributed by atoms with van der Waals surface area (Å²) >= 11 is 0. The molecule has 2 aromatic rings.